The number of rotatable bonds is 5. The molecular weight excluding hydrogens is 394 g/mol. The molecule has 10 heteroatoms. The van der Waals surface area contributed by atoms with E-state index in [0.29, 0.717) is 29.9 Å². The van der Waals surface area contributed by atoms with Crippen LogP contribution in [0.1, 0.15) is 48.3 Å². The SMILES string of the molecule is CC(=O)Nc1ccc(S(=O)(=O)N2CCCCC2c2[nH]ncc2C(=O)N(C)C)cc1. The predicted molar refractivity (Wildman–Crippen MR) is 108 cm³/mol. The van der Waals surface area contributed by atoms with Crippen LogP contribution < -0.4 is 5.32 Å². The number of nitrogens with one attached hydrogen (secondary N) is 2. The molecule has 1 aliphatic heterocycles. The maximum absolute atomic E-state index is 13.4. The van der Waals surface area contributed by atoms with E-state index in [1.54, 1.807) is 26.2 Å². The molecule has 9 nitrogen and oxygen atoms in total. The van der Waals surface area contributed by atoms with Gasteiger partial charge in [-0.15, -0.1) is 0 Å². The molecule has 1 aliphatic rings. The van der Waals surface area contributed by atoms with E-state index < -0.39 is 16.1 Å². The zero-order valence-corrected chi connectivity index (χ0v) is 17.5. The summed E-state index contributed by atoms with van der Waals surface area (Å²) in [5.41, 5.74) is 1.42. The van der Waals surface area contributed by atoms with Crippen molar-refractivity contribution in [2.75, 3.05) is 26.0 Å². The van der Waals surface area contributed by atoms with Crippen molar-refractivity contribution >= 4 is 27.5 Å². The standard InChI is InChI=1S/C19H25N5O4S/c1-13(25)21-14-7-9-15(10-8-14)29(27,28)24-11-5-4-6-17(24)18-16(12-20-22-18)19(26)23(2)3/h7-10,12,17H,4-6,11H2,1-3H3,(H,20,22)(H,21,25). The van der Waals surface area contributed by atoms with E-state index in [0.717, 1.165) is 12.8 Å². The summed E-state index contributed by atoms with van der Waals surface area (Å²) in [5.74, 6) is -0.453. The van der Waals surface area contributed by atoms with Gasteiger partial charge in [0.1, 0.15) is 0 Å². The average molecular weight is 420 g/mol. The second-order valence-electron chi connectivity index (χ2n) is 7.23. The summed E-state index contributed by atoms with van der Waals surface area (Å²) in [6.07, 6.45) is 3.63. The number of benzene rings is 1. The largest absolute Gasteiger partial charge is 0.345 e. The first kappa shape index (κ1) is 21.0. The Hall–Kier alpha value is -2.72. The Labute approximate surface area is 170 Å². The van der Waals surface area contributed by atoms with Crippen molar-refractivity contribution in [3.05, 3.63) is 41.7 Å². The summed E-state index contributed by atoms with van der Waals surface area (Å²) >= 11 is 0. The lowest BCUT2D eigenvalue weighted by Gasteiger charge is -2.34. The highest BCUT2D eigenvalue weighted by atomic mass is 32.2. The highest BCUT2D eigenvalue weighted by Gasteiger charge is 2.37. The molecule has 0 bridgehead atoms. The number of H-pyrrole nitrogens is 1. The zero-order chi connectivity index (χ0) is 21.2. The number of hydrogen-bond acceptors (Lipinski definition) is 5. The van der Waals surface area contributed by atoms with Crippen molar-refractivity contribution in [2.24, 2.45) is 0 Å². The lowest BCUT2D eigenvalue weighted by molar-refractivity contribution is -0.114. The van der Waals surface area contributed by atoms with Gasteiger partial charge in [-0.2, -0.15) is 9.40 Å². The van der Waals surface area contributed by atoms with E-state index in [2.05, 4.69) is 15.5 Å². The second-order valence-corrected chi connectivity index (χ2v) is 9.12. The van der Waals surface area contributed by atoms with E-state index in [1.807, 2.05) is 0 Å². The molecule has 156 valence electrons. The molecule has 1 fully saturated rings. The number of amides is 2. The summed E-state index contributed by atoms with van der Waals surface area (Å²) < 4.78 is 28.1. The second kappa shape index (κ2) is 8.34. The highest BCUT2D eigenvalue weighted by molar-refractivity contribution is 7.89. The monoisotopic (exact) mass is 419 g/mol. The van der Waals surface area contributed by atoms with Gasteiger partial charge in [-0.05, 0) is 37.1 Å². The van der Waals surface area contributed by atoms with Gasteiger partial charge < -0.3 is 10.2 Å². The Morgan fingerprint density at radius 2 is 1.90 bits per heavy atom. The normalized spacial score (nSPS) is 17.7. The van der Waals surface area contributed by atoms with Crippen molar-refractivity contribution in [2.45, 2.75) is 37.1 Å². The van der Waals surface area contributed by atoms with Gasteiger partial charge >= 0.3 is 0 Å². The summed E-state index contributed by atoms with van der Waals surface area (Å²) in [6.45, 7) is 1.75. The van der Waals surface area contributed by atoms with Crippen LogP contribution in [0.5, 0.6) is 0 Å². The highest BCUT2D eigenvalue weighted by Crippen LogP contribution is 2.36. The maximum atomic E-state index is 13.4. The van der Waals surface area contributed by atoms with Crippen LogP contribution in [0.4, 0.5) is 5.69 Å². The first-order valence-corrected chi connectivity index (χ1v) is 10.8. The fourth-order valence-electron chi connectivity index (χ4n) is 3.49. The molecule has 3 rings (SSSR count). The molecule has 29 heavy (non-hydrogen) atoms. The van der Waals surface area contributed by atoms with Crippen LogP contribution in [0.25, 0.3) is 0 Å². The van der Waals surface area contributed by atoms with Crippen LogP contribution in [-0.4, -0.2) is 60.3 Å². The molecule has 0 spiro atoms. The summed E-state index contributed by atoms with van der Waals surface area (Å²) in [5, 5.41) is 9.46. The van der Waals surface area contributed by atoms with Crippen LogP contribution in [0.3, 0.4) is 0 Å². The van der Waals surface area contributed by atoms with Gasteiger partial charge in [-0.3, -0.25) is 14.7 Å². The van der Waals surface area contributed by atoms with Crippen molar-refractivity contribution in [1.29, 1.82) is 0 Å². The first-order chi connectivity index (χ1) is 13.7. The fourth-order valence-corrected chi connectivity index (χ4v) is 5.16. The topological polar surface area (TPSA) is 115 Å². The molecule has 2 N–H and O–H groups in total. The minimum Gasteiger partial charge on any atom is -0.345 e. The Morgan fingerprint density at radius 1 is 1.21 bits per heavy atom. The maximum Gasteiger partial charge on any atom is 0.256 e. The number of aromatic nitrogens is 2. The van der Waals surface area contributed by atoms with Crippen LogP contribution in [0, 0.1) is 0 Å². The Morgan fingerprint density at radius 3 is 2.52 bits per heavy atom. The van der Waals surface area contributed by atoms with Gasteiger partial charge in [0, 0.05) is 33.3 Å². The Kier molecular flexibility index (Phi) is 6.04. The van der Waals surface area contributed by atoms with Crippen molar-refractivity contribution < 1.29 is 18.0 Å². The minimum atomic E-state index is -3.80. The third-order valence-electron chi connectivity index (χ3n) is 4.87. The third-order valence-corrected chi connectivity index (χ3v) is 6.80. The molecule has 2 heterocycles. The number of hydrogen-bond donors (Lipinski definition) is 2. The molecule has 0 aliphatic carbocycles. The van der Waals surface area contributed by atoms with Crippen molar-refractivity contribution in [1.82, 2.24) is 19.4 Å². The number of carbonyl (C=O) groups excluding carboxylic acids is 2. The van der Waals surface area contributed by atoms with E-state index in [9.17, 15) is 18.0 Å². The third kappa shape index (κ3) is 4.33. The fraction of sp³-hybridized carbons (Fsp3) is 0.421. The number of anilines is 1. The molecule has 0 saturated carbocycles. The van der Waals surface area contributed by atoms with Gasteiger partial charge in [0.25, 0.3) is 5.91 Å². The molecule has 0 radical (unpaired) electrons. The molecule has 1 unspecified atom stereocenters. The number of nitrogens with zero attached hydrogens (tertiary/aromatic N) is 3. The lowest BCUT2D eigenvalue weighted by atomic mass is 9.99. The molecule has 1 aromatic carbocycles. The van der Waals surface area contributed by atoms with Gasteiger partial charge in [0.15, 0.2) is 0 Å². The van der Waals surface area contributed by atoms with Gasteiger partial charge in [-0.1, -0.05) is 6.42 Å². The quantitative estimate of drug-likeness (QED) is 0.769. The summed E-state index contributed by atoms with van der Waals surface area (Å²) in [7, 11) is -0.509. The molecule has 1 aromatic heterocycles. The molecule has 1 atom stereocenters. The molecule has 2 aromatic rings. The first-order valence-electron chi connectivity index (χ1n) is 9.36. The molecular formula is C19H25N5O4S. The van der Waals surface area contributed by atoms with E-state index in [-0.39, 0.29) is 16.7 Å². The zero-order valence-electron chi connectivity index (χ0n) is 16.7. The van der Waals surface area contributed by atoms with Crippen LogP contribution in [-0.2, 0) is 14.8 Å². The van der Waals surface area contributed by atoms with Gasteiger partial charge in [-0.25, -0.2) is 8.42 Å². The Balaban J connectivity index is 1.94. The van der Waals surface area contributed by atoms with Crippen molar-refractivity contribution in [3.8, 4) is 0 Å². The van der Waals surface area contributed by atoms with E-state index in [4.69, 9.17) is 0 Å². The number of aromatic amines is 1. The molecule has 1 saturated heterocycles. The predicted octanol–water partition coefficient (Wildman–Crippen LogP) is 1.99. The minimum absolute atomic E-state index is 0.138. The van der Waals surface area contributed by atoms with Crippen molar-refractivity contribution in [3.63, 3.8) is 0 Å². The van der Waals surface area contributed by atoms with Crippen LogP contribution in [0.15, 0.2) is 35.4 Å². The summed E-state index contributed by atoms with van der Waals surface area (Å²) in [6, 6.07) is 5.58. The lowest BCUT2D eigenvalue weighted by Crippen LogP contribution is -2.39. The Bertz CT molecular complexity index is 998. The van der Waals surface area contributed by atoms with E-state index >= 15 is 0 Å². The number of piperidine rings is 1. The summed E-state index contributed by atoms with van der Waals surface area (Å²) in [4.78, 5) is 25.2. The van der Waals surface area contributed by atoms with E-state index in [1.165, 1.54) is 34.5 Å². The number of carbonyl (C=O) groups is 2. The number of sulfonamides is 1. The van der Waals surface area contributed by atoms with Gasteiger partial charge in [0.05, 0.1) is 28.4 Å². The van der Waals surface area contributed by atoms with Crippen LogP contribution >= 0.6 is 0 Å². The average Bonchev–Trinajstić information content (AvgIpc) is 3.16. The van der Waals surface area contributed by atoms with Crippen LogP contribution in [0.2, 0.25) is 0 Å². The van der Waals surface area contributed by atoms with Gasteiger partial charge in [0.2, 0.25) is 15.9 Å². The molecule has 2 amide bonds. The smallest absolute Gasteiger partial charge is 0.256 e.